The number of likely N-dealkylation sites (N-methyl/N-ethyl adjacent to an activating group) is 1. The molecule has 8 atom stereocenters. The van der Waals surface area contributed by atoms with Crippen molar-refractivity contribution in [1.29, 1.82) is 0 Å². The van der Waals surface area contributed by atoms with Gasteiger partial charge in [0.25, 0.3) is 5.91 Å². The lowest BCUT2D eigenvalue weighted by Crippen LogP contribution is -2.60. The summed E-state index contributed by atoms with van der Waals surface area (Å²) in [7, 11) is -1.94. The molecule has 2 saturated heterocycles. The minimum Gasteiger partial charge on any atom is -0.458 e. The Morgan fingerprint density at radius 1 is 0.850 bits per heavy atom. The van der Waals surface area contributed by atoms with E-state index in [2.05, 4.69) is 26.8 Å². The standard InChI is InChI=1S/C40H54N6O13S/c1-46(20-8-7-11-32(46)39(51)44-30-9-3-2-4-10-30)27-29-14-16-31(17-15-29)58-60(52,43-19-22-54-24-26-55-25-23-53-21-18-42-45-41)59-34-13-6-5-12-33(34)56-40-38(50)37(49)36(48)35(28-47)57-40/h2-6,9-10,12-17,32,35-38,40,47-50H,7-8,11,18-28H2,1H3/p+1/t32-,35-,36+,37+,38-,40-,46?,60?/m1/s1. The number of hydrogen-bond acceptors (Lipinski definition) is 15. The number of benzene rings is 3. The number of aliphatic hydroxyl groups is 4. The maximum atomic E-state index is 14.4. The number of carbonyl (C=O) groups is 1. The third-order valence-corrected chi connectivity index (χ3v) is 11.2. The number of hydrogen-bond donors (Lipinski definition) is 5. The van der Waals surface area contributed by atoms with E-state index in [0.29, 0.717) is 24.2 Å². The van der Waals surface area contributed by atoms with Crippen LogP contribution in [0.4, 0.5) is 5.69 Å². The van der Waals surface area contributed by atoms with Crippen molar-refractivity contribution < 1.29 is 66.0 Å². The minimum atomic E-state index is -4.03. The molecule has 19 nitrogen and oxygen atoms in total. The van der Waals surface area contributed by atoms with Crippen LogP contribution < -0.4 is 18.4 Å². The molecule has 2 aliphatic rings. The smallest absolute Gasteiger partial charge is 0.388 e. The summed E-state index contributed by atoms with van der Waals surface area (Å²) in [6, 6.07) is 22.1. The van der Waals surface area contributed by atoms with Gasteiger partial charge in [-0.25, -0.2) is 0 Å². The SMILES string of the molecule is C[N+]1(Cc2ccc(OS(=O)(=NCCOCCOCCOCCN=[N+]=[N-])Oc3ccccc3O[C@@H]3O[C@H](CO)[C@H](O)[C@H](O)[C@H]3O)cc2)CCCC[C@@H]1C(=O)Nc1ccccc1. The predicted molar refractivity (Wildman–Crippen MR) is 218 cm³/mol. The van der Waals surface area contributed by atoms with E-state index in [4.69, 9.17) is 37.6 Å². The summed E-state index contributed by atoms with van der Waals surface area (Å²) < 4.78 is 58.7. The van der Waals surface area contributed by atoms with Crippen molar-refractivity contribution in [3.63, 3.8) is 0 Å². The summed E-state index contributed by atoms with van der Waals surface area (Å²) in [6.07, 6.45) is -5.06. The molecule has 5 rings (SSSR count). The molecular formula is C40H55N6O13S+. The van der Waals surface area contributed by atoms with Crippen LogP contribution in [0, 0.1) is 0 Å². The highest BCUT2D eigenvalue weighted by Gasteiger charge is 2.45. The number of para-hydroxylation sites is 3. The zero-order valence-electron chi connectivity index (χ0n) is 33.5. The fraction of sp³-hybridized carbons (Fsp3) is 0.525. The van der Waals surface area contributed by atoms with Gasteiger partial charge in [0.15, 0.2) is 17.5 Å². The first-order valence-corrected chi connectivity index (χ1v) is 21.1. The number of anilines is 1. The first kappa shape index (κ1) is 46.5. The van der Waals surface area contributed by atoms with Gasteiger partial charge in [-0.05, 0) is 66.9 Å². The highest BCUT2D eigenvalue weighted by atomic mass is 32.2. The van der Waals surface area contributed by atoms with Crippen LogP contribution in [0.3, 0.4) is 0 Å². The van der Waals surface area contributed by atoms with Gasteiger partial charge in [-0.15, -0.1) is 0 Å². The van der Waals surface area contributed by atoms with Crippen LogP contribution in [0.15, 0.2) is 88.3 Å². The van der Waals surface area contributed by atoms with Crippen molar-refractivity contribution in [2.75, 3.05) is 78.2 Å². The minimum absolute atomic E-state index is 0.0286. The Kier molecular flexibility index (Phi) is 18.2. The largest absolute Gasteiger partial charge is 0.458 e. The Morgan fingerprint density at radius 3 is 2.18 bits per heavy atom. The molecule has 0 aromatic heterocycles. The molecular weight excluding hydrogens is 805 g/mol. The quantitative estimate of drug-likeness (QED) is 0.0303. The third-order valence-electron chi connectivity index (χ3n) is 9.93. The lowest BCUT2D eigenvalue weighted by atomic mass is 9.97. The molecule has 0 aliphatic carbocycles. The van der Waals surface area contributed by atoms with Crippen molar-refractivity contribution in [3.8, 4) is 17.2 Å². The Bertz CT molecular complexity index is 1950. The molecule has 60 heavy (non-hydrogen) atoms. The topological polar surface area (TPSA) is 253 Å². The van der Waals surface area contributed by atoms with E-state index in [-0.39, 0.29) is 68.7 Å². The zero-order valence-corrected chi connectivity index (χ0v) is 34.3. The summed E-state index contributed by atoms with van der Waals surface area (Å²) in [5.74, 6) is -0.0315. The highest BCUT2D eigenvalue weighted by Crippen LogP contribution is 2.33. The fourth-order valence-electron chi connectivity index (χ4n) is 6.81. The van der Waals surface area contributed by atoms with Crippen LogP contribution in [0.5, 0.6) is 17.2 Å². The van der Waals surface area contributed by atoms with E-state index >= 15 is 0 Å². The van der Waals surface area contributed by atoms with Gasteiger partial charge in [0, 0.05) is 29.1 Å². The van der Waals surface area contributed by atoms with E-state index in [1.54, 1.807) is 24.3 Å². The van der Waals surface area contributed by atoms with Crippen molar-refractivity contribution in [3.05, 3.63) is 94.9 Å². The van der Waals surface area contributed by atoms with Gasteiger partial charge in [0.1, 0.15) is 36.7 Å². The number of ether oxygens (including phenoxy) is 5. The van der Waals surface area contributed by atoms with Crippen molar-refractivity contribution in [2.45, 2.75) is 62.6 Å². The van der Waals surface area contributed by atoms with Crippen LogP contribution in [0.2, 0.25) is 0 Å². The lowest BCUT2D eigenvalue weighted by Gasteiger charge is -2.43. The molecule has 5 N–H and O–H groups in total. The van der Waals surface area contributed by atoms with Crippen LogP contribution >= 0.6 is 0 Å². The Morgan fingerprint density at radius 2 is 1.50 bits per heavy atom. The van der Waals surface area contributed by atoms with Gasteiger partial charge in [0.05, 0.1) is 66.4 Å². The summed E-state index contributed by atoms with van der Waals surface area (Å²) in [4.78, 5) is 16.1. The molecule has 20 heteroatoms. The highest BCUT2D eigenvalue weighted by molar-refractivity contribution is 7.85. The number of aliphatic hydroxyl groups excluding tert-OH is 4. The molecule has 2 aliphatic heterocycles. The van der Waals surface area contributed by atoms with Gasteiger partial charge in [0.2, 0.25) is 6.29 Å². The van der Waals surface area contributed by atoms with Gasteiger partial charge in [-0.3, -0.25) is 4.79 Å². The second-order valence-corrected chi connectivity index (χ2v) is 15.8. The second kappa shape index (κ2) is 23.4. The Balaban J connectivity index is 1.26. The zero-order chi connectivity index (χ0) is 42.8. The number of rotatable bonds is 23. The van der Waals surface area contributed by atoms with Crippen LogP contribution in [0.1, 0.15) is 24.8 Å². The molecule has 0 saturated carbocycles. The lowest BCUT2D eigenvalue weighted by molar-refractivity contribution is -0.941. The van der Waals surface area contributed by atoms with E-state index < -0.39 is 47.6 Å². The maximum Gasteiger partial charge on any atom is 0.388 e. The molecule has 2 unspecified atom stereocenters. The van der Waals surface area contributed by atoms with Crippen LogP contribution in [-0.2, 0) is 40.6 Å². The summed E-state index contributed by atoms with van der Waals surface area (Å²) >= 11 is 0. The number of nitrogens with one attached hydrogen (secondary N) is 1. The average molecular weight is 860 g/mol. The van der Waals surface area contributed by atoms with Gasteiger partial charge in [-0.2, -0.15) is 8.57 Å². The Labute approximate surface area is 349 Å². The van der Waals surface area contributed by atoms with Gasteiger partial charge < -0.3 is 62.3 Å². The molecule has 3 aromatic rings. The maximum absolute atomic E-state index is 14.4. The molecule has 0 spiro atoms. The molecule has 0 radical (unpaired) electrons. The molecule has 2 heterocycles. The van der Waals surface area contributed by atoms with E-state index in [1.165, 1.54) is 12.1 Å². The number of piperidine rings is 1. The Hall–Kier alpha value is -4.57. The number of nitrogens with zero attached hydrogens (tertiary/aromatic N) is 5. The van der Waals surface area contributed by atoms with Gasteiger partial charge in [-0.1, -0.05) is 35.4 Å². The van der Waals surface area contributed by atoms with Crippen molar-refractivity contribution in [2.24, 2.45) is 9.48 Å². The summed E-state index contributed by atoms with van der Waals surface area (Å²) in [6.45, 7) is 2.27. The van der Waals surface area contributed by atoms with Crippen LogP contribution in [0.25, 0.3) is 10.4 Å². The summed E-state index contributed by atoms with van der Waals surface area (Å²) in [5.41, 5.74) is 9.98. The number of likely N-dealkylation sites (tertiary alicyclic amines) is 1. The number of amides is 1. The average Bonchev–Trinajstić information content (AvgIpc) is 3.24. The van der Waals surface area contributed by atoms with Crippen LogP contribution in [-0.4, -0.2) is 145 Å². The third kappa shape index (κ3) is 13.7. The second-order valence-electron chi connectivity index (χ2n) is 14.4. The van der Waals surface area contributed by atoms with E-state index in [1.807, 2.05) is 42.5 Å². The first-order valence-electron chi connectivity index (χ1n) is 19.8. The predicted octanol–water partition coefficient (Wildman–Crippen LogP) is 3.12. The molecule has 3 aromatic carbocycles. The number of carbonyl (C=O) groups excluding carboxylic acids is 1. The number of azide groups is 1. The monoisotopic (exact) mass is 859 g/mol. The van der Waals surface area contributed by atoms with Crippen molar-refractivity contribution >= 4 is 21.9 Å². The van der Waals surface area contributed by atoms with Gasteiger partial charge >= 0.3 is 10.3 Å². The number of quaternary nitrogens is 1. The molecule has 2 fully saturated rings. The molecule has 328 valence electrons. The van der Waals surface area contributed by atoms with Crippen molar-refractivity contribution in [1.82, 2.24) is 0 Å². The first-order chi connectivity index (χ1) is 29.0. The fourth-order valence-corrected chi connectivity index (χ4v) is 7.97. The van der Waals surface area contributed by atoms with E-state index in [0.717, 1.165) is 37.1 Å². The van der Waals surface area contributed by atoms with E-state index in [9.17, 15) is 29.4 Å². The summed E-state index contributed by atoms with van der Waals surface area (Å²) in [5, 5.41) is 47.2. The molecule has 0 bridgehead atoms. The normalized spacial score (nSPS) is 24.9. The molecule has 1 amide bonds.